The lowest BCUT2D eigenvalue weighted by Gasteiger charge is -2.16. The Bertz CT molecular complexity index is 637. The van der Waals surface area contributed by atoms with Crippen molar-refractivity contribution in [3.05, 3.63) is 35.8 Å². The third-order valence-corrected chi connectivity index (χ3v) is 4.02. The number of imidazole rings is 1. The minimum absolute atomic E-state index is 0.569. The number of pyridine rings is 1. The van der Waals surface area contributed by atoms with E-state index >= 15 is 0 Å². The second kappa shape index (κ2) is 6.16. The molecule has 112 valence electrons. The summed E-state index contributed by atoms with van der Waals surface area (Å²) in [6, 6.07) is 4.75. The van der Waals surface area contributed by atoms with Crippen LogP contribution >= 0.6 is 0 Å². The third-order valence-electron chi connectivity index (χ3n) is 4.02. The number of aliphatic imine (C=N–C) groups is 1. The molecule has 5 nitrogen and oxygen atoms in total. The van der Waals surface area contributed by atoms with Crippen molar-refractivity contribution in [1.82, 2.24) is 20.0 Å². The van der Waals surface area contributed by atoms with E-state index < -0.39 is 0 Å². The highest BCUT2D eigenvalue weighted by Crippen LogP contribution is 2.17. The zero-order chi connectivity index (χ0) is 14.7. The Morgan fingerprint density at radius 2 is 2.24 bits per heavy atom. The summed E-state index contributed by atoms with van der Waals surface area (Å²) in [5, 5.41) is 6.83. The van der Waals surface area contributed by atoms with Crippen molar-refractivity contribution in [2.45, 2.75) is 45.2 Å². The molecule has 0 radical (unpaired) electrons. The van der Waals surface area contributed by atoms with Gasteiger partial charge in [0.1, 0.15) is 5.65 Å². The zero-order valence-corrected chi connectivity index (χ0v) is 12.8. The molecule has 2 aromatic heterocycles. The molecule has 0 unspecified atom stereocenters. The van der Waals surface area contributed by atoms with E-state index in [9.17, 15) is 0 Å². The van der Waals surface area contributed by atoms with Crippen molar-refractivity contribution >= 4 is 11.6 Å². The Labute approximate surface area is 125 Å². The quantitative estimate of drug-likeness (QED) is 0.672. The molecule has 0 aromatic carbocycles. The van der Waals surface area contributed by atoms with Crippen molar-refractivity contribution in [1.29, 1.82) is 0 Å². The summed E-state index contributed by atoms with van der Waals surface area (Å²) in [5.74, 6) is 0.870. The Morgan fingerprint density at radius 1 is 1.43 bits per heavy atom. The molecule has 5 heteroatoms. The van der Waals surface area contributed by atoms with E-state index in [0.717, 1.165) is 17.3 Å². The van der Waals surface area contributed by atoms with Crippen LogP contribution in [0.1, 0.15) is 36.9 Å². The minimum Gasteiger partial charge on any atom is -0.354 e. The van der Waals surface area contributed by atoms with Crippen LogP contribution in [0.5, 0.6) is 0 Å². The van der Waals surface area contributed by atoms with Gasteiger partial charge in [-0.15, -0.1) is 0 Å². The van der Waals surface area contributed by atoms with Gasteiger partial charge in [0.05, 0.1) is 12.2 Å². The number of nitrogens with zero attached hydrogens (tertiary/aromatic N) is 3. The summed E-state index contributed by atoms with van der Waals surface area (Å²) in [4.78, 5) is 8.92. The van der Waals surface area contributed by atoms with E-state index in [1.165, 1.54) is 31.2 Å². The molecule has 0 saturated heterocycles. The summed E-state index contributed by atoms with van der Waals surface area (Å²) < 4.78 is 2.05. The zero-order valence-electron chi connectivity index (χ0n) is 12.8. The Kier molecular flexibility index (Phi) is 4.08. The fraction of sp³-hybridized carbons (Fsp3) is 0.500. The number of nitrogens with one attached hydrogen (secondary N) is 2. The largest absolute Gasteiger partial charge is 0.354 e. The molecule has 1 aliphatic rings. The lowest BCUT2D eigenvalue weighted by molar-refractivity contribution is 0.613. The first-order valence-corrected chi connectivity index (χ1v) is 7.66. The minimum atomic E-state index is 0.569. The van der Waals surface area contributed by atoms with E-state index in [1.54, 1.807) is 0 Å². The summed E-state index contributed by atoms with van der Waals surface area (Å²) in [6.45, 7) is 2.77. The molecule has 0 bridgehead atoms. The molecule has 3 rings (SSSR count). The van der Waals surface area contributed by atoms with Crippen molar-refractivity contribution in [3.8, 4) is 0 Å². The highest BCUT2D eigenvalue weighted by Gasteiger charge is 2.15. The molecule has 21 heavy (non-hydrogen) atoms. The molecular formula is C16H23N5. The van der Waals surface area contributed by atoms with E-state index in [0.29, 0.717) is 12.6 Å². The topological polar surface area (TPSA) is 53.7 Å². The molecule has 2 aromatic rings. The summed E-state index contributed by atoms with van der Waals surface area (Å²) in [5.41, 5.74) is 3.24. The molecule has 2 N–H and O–H groups in total. The predicted molar refractivity (Wildman–Crippen MR) is 85.5 cm³/mol. The van der Waals surface area contributed by atoms with Gasteiger partial charge in [0.2, 0.25) is 0 Å². The lowest BCUT2D eigenvalue weighted by atomic mass is 10.2. The van der Waals surface area contributed by atoms with Gasteiger partial charge in [0.25, 0.3) is 0 Å². The highest BCUT2D eigenvalue weighted by atomic mass is 15.2. The average molecular weight is 285 g/mol. The number of rotatable bonds is 3. The molecule has 1 fully saturated rings. The van der Waals surface area contributed by atoms with Crippen LogP contribution in [0.15, 0.2) is 29.5 Å². The lowest BCUT2D eigenvalue weighted by Crippen LogP contribution is -2.41. The normalized spacial score (nSPS) is 16.6. The molecule has 0 spiro atoms. The second-order valence-corrected chi connectivity index (χ2v) is 5.75. The van der Waals surface area contributed by atoms with Crippen LogP contribution in [0.25, 0.3) is 5.65 Å². The van der Waals surface area contributed by atoms with Gasteiger partial charge in [-0.2, -0.15) is 0 Å². The molecule has 1 saturated carbocycles. The number of fused-ring (bicyclic) bond motifs is 1. The Balaban J connectivity index is 1.61. The molecule has 2 heterocycles. The molecular weight excluding hydrogens is 262 g/mol. The first kappa shape index (κ1) is 13.9. The van der Waals surface area contributed by atoms with Gasteiger partial charge < -0.3 is 15.0 Å². The van der Waals surface area contributed by atoms with Crippen molar-refractivity contribution < 1.29 is 0 Å². The molecule has 0 atom stereocenters. The van der Waals surface area contributed by atoms with Crippen LogP contribution in [-0.4, -0.2) is 28.4 Å². The van der Waals surface area contributed by atoms with E-state index in [4.69, 9.17) is 0 Å². The third kappa shape index (κ3) is 3.35. The van der Waals surface area contributed by atoms with Crippen molar-refractivity contribution in [2.75, 3.05) is 7.05 Å². The van der Waals surface area contributed by atoms with Gasteiger partial charge in [-0.1, -0.05) is 12.8 Å². The first-order chi connectivity index (χ1) is 10.2. The number of hydrogen-bond donors (Lipinski definition) is 2. The predicted octanol–water partition coefficient (Wildman–Crippen LogP) is 2.25. The van der Waals surface area contributed by atoms with Crippen LogP contribution in [0.4, 0.5) is 0 Å². The summed E-state index contributed by atoms with van der Waals surface area (Å²) >= 11 is 0. The van der Waals surface area contributed by atoms with Gasteiger partial charge in [-0.3, -0.25) is 4.99 Å². The summed E-state index contributed by atoms with van der Waals surface area (Å²) in [7, 11) is 1.82. The molecule has 0 aliphatic heterocycles. The van der Waals surface area contributed by atoms with Gasteiger partial charge in [0.15, 0.2) is 5.96 Å². The summed E-state index contributed by atoms with van der Waals surface area (Å²) in [6.07, 6.45) is 9.24. The number of aromatic nitrogens is 2. The van der Waals surface area contributed by atoms with Gasteiger partial charge in [0, 0.05) is 25.5 Å². The number of aryl methyl sites for hydroxylation is 1. The maximum Gasteiger partial charge on any atom is 0.191 e. The number of guanidine groups is 1. The Hall–Kier alpha value is -2.04. The van der Waals surface area contributed by atoms with Crippen LogP contribution in [0, 0.1) is 6.92 Å². The molecule has 1 aliphatic carbocycles. The van der Waals surface area contributed by atoms with Crippen LogP contribution in [0.2, 0.25) is 0 Å². The van der Waals surface area contributed by atoms with Crippen LogP contribution in [-0.2, 0) is 6.54 Å². The van der Waals surface area contributed by atoms with Gasteiger partial charge in [-0.05, 0) is 37.5 Å². The smallest absolute Gasteiger partial charge is 0.191 e. The van der Waals surface area contributed by atoms with Crippen LogP contribution in [0.3, 0.4) is 0 Å². The average Bonchev–Trinajstić information content (AvgIpc) is 3.11. The molecule has 0 amide bonds. The monoisotopic (exact) mass is 285 g/mol. The van der Waals surface area contributed by atoms with E-state index in [-0.39, 0.29) is 0 Å². The van der Waals surface area contributed by atoms with E-state index in [2.05, 4.69) is 50.3 Å². The van der Waals surface area contributed by atoms with E-state index in [1.807, 2.05) is 13.2 Å². The fourth-order valence-corrected chi connectivity index (χ4v) is 2.85. The maximum atomic E-state index is 4.63. The van der Waals surface area contributed by atoms with Crippen molar-refractivity contribution in [2.24, 2.45) is 4.99 Å². The highest BCUT2D eigenvalue weighted by molar-refractivity contribution is 5.79. The van der Waals surface area contributed by atoms with Crippen LogP contribution < -0.4 is 10.6 Å². The second-order valence-electron chi connectivity index (χ2n) is 5.75. The Morgan fingerprint density at radius 3 is 3.00 bits per heavy atom. The fourth-order valence-electron chi connectivity index (χ4n) is 2.85. The maximum absolute atomic E-state index is 4.63. The first-order valence-electron chi connectivity index (χ1n) is 7.66. The number of hydrogen-bond acceptors (Lipinski definition) is 2. The SMILES string of the molecule is CN=C(NCc1cn2ccc(C)cc2n1)NC1CCCC1. The van der Waals surface area contributed by atoms with Gasteiger partial charge >= 0.3 is 0 Å². The standard InChI is InChI=1S/C16H23N5/c1-12-7-8-21-11-14(19-15(21)9-12)10-18-16(17-2)20-13-5-3-4-6-13/h7-9,11,13H,3-6,10H2,1-2H3,(H2,17,18,20). The van der Waals surface area contributed by atoms with Crippen molar-refractivity contribution in [3.63, 3.8) is 0 Å². The van der Waals surface area contributed by atoms with Gasteiger partial charge in [-0.25, -0.2) is 4.98 Å².